The Morgan fingerprint density at radius 3 is 2.81 bits per heavy atom. The number of carbonyl (C=O) groups is 1. The number of anilines is 1. The summed E-state index contributed by atoms with van der Waals surface area (Å²) in [5.74, 6) is 0.186. The van der Waals surface area contributed by atoms with E-state index in [1.807, 2.05) is 18.2 Å². The van der Waals surface area contributed by atoms with Crippen molar-refractivity contribution in [3.05, 3.63) is 42.5 Å². The molecule has 0 atom stereocenters. The third-order valence-corrected chi connectivity index (χ3v) is 2.52. The first-order valence-electron chi connectivity index (χ1n) is 5.73. The van der Waals surface area contributed by atoms with Gasteiger partial charge in [0.15, 0.2) is 5.78 Å². The highest BCUT2D eigenvalue weighted by molar-refractivity contribution is 5.96. The summed E-state index contributed by atoms with van der Waals surface area (Å²) in [7, 11) is 0. The number of allylic oxidation sites excluding steroid dienone is 1. The second kappa shape index (κ2) is 6.83. The Bertz CT molecular complexity index is 358. The SMILES string of the molecule is C=CCCCCCC(=O)c1cccc(N)c1. The molecule has 0 unspecified atom stereocenters. The number of hydrogen-bond donors (Lipinski definition) is 1. The summed E-state index contributed by atoms with van der Waals surface area (Å²) in [6, 6.07) is 7.18. The number of unbranched alkanes of at least 4 members (excludes halogenated alkanes) is 3. The minimum atomic E-state index is 0.186. The lowest BCUT2D eigenvalue weighted by atomic mass is 10.0. The van der Waals surface area contributed by atoms with Crippen molar-refractivity contribution in [1.82, 2.24) is 0 Å². The van der Waals surface area contributed by atoms with Crippen molar-refractivity contribution in [3.63, 3.8) is 0 Å². The summed E-state index contributed by atoms with van der Waals surface area (Å²) in [4.78, 5) is 11.8. The van der Waals surface area contributed by atoms with Crippen molar-refractivity contribution in [2.45, 2.75) is 32.1 Å². The van der Waals surface area contributed by atoms with Crippen LogP contribution in [0.1, 0.15) is 42.5 Å². The Kier molecular flexibility index (Phi) is 5.34. The van der Waals surface area contributed by atoms with Crippen LogP contribution in [0.25, 0.3) is 0 Å². The van der Waals surface area contributed by atoms with Crippen molar-refractivity contribution in [2.24, 2.45) is 0 Å². The fourth-order valence-corrected chi connectivity index (χ4v) is 1.61. The number of benzene rings is 1. The molecule has 1 aromatic carbocycles. The molecular formula is C14H19NO. The average molecular weight is 217 g/mol. The first kappa shape index (κ1) is 12.5. The van der Waals surface area contributed by atoms with E-state index in [1.165, 1.54) is 0 Å². The highest BCUT2D eigenvalue weighted by Crippen LogP contribution is 2.12. The van der Waals surface area contributed by atoms with E-state index in [0.29, 0.717) is 12.1 Å². The maximum Gasteiger partial charge on any atom is 0.162 e. The van der Waals surface area contributed by atoms with Crippen LogP contribution < -0.4 is 5.73 Å². The van der Waals surface area contributed by atoms with Crippen LogP contribution in [0.15, 0.2) is 36.9 Å². The average Bonchev–Trinajstić information content (AvgIpc) is 2.28. The van der Waals surface area contributed by atoms with Crippen LogP contribution in [0.3, 0.4) is 0 Å². The molecule has 0 aliphatic rings. The number of hydrogen-bond acceptors (Lipinski definition) is 2. The largest absolute Gasteiger partial charge is 0.399 e. The normalized spacial score (nSPS) is 10.0. The zero-order valence-corrected chi connectivity index (χ0v) is 9.61. The van der Waals surface area contributed by atoms with Crippen LogP contribution in [-0.2, 0) is 0 Å². The predicted molar refractivity (Wildman–Crippen MR) is 68.5 cm³/mol. The minimum absolute atomic E-state index is 0.186. The predicted octanol–water partition coefficient (Wildman–Crippen LogP) is 3.59. The second-order valence-electron chi connectivity index (χ2n) is 3.94. The molecule has 0 amide bonds. The summed E-state index contributed by atoms with van der Waals surface area (Å²) in [5.41, 5.74) is 7.00. The van der Waals surface area contributed by atoms with Crippen molar-refractivity contribution >= 4 is 11.5 Å². The molecule has 0 aliphatic carbocycles. The Morgan fingerprint density at radius 1 is 1.31 bits per heavy atom. The Hall–Kier alpha value is -1.57. The molecule has 0 fully saturated rings. The summed E-state index contributed by atoms with van der Waals surface area (Å²) < 4.78 is 0. The van der Waals surface area contributed by atoms with Gasteiger partial charge in [0.05, 0.1) is 0 Å². The van der Waals surface area contributed by atoms with Crippen LogP contribution in [0, 0.1) is 0 Å². The van der Waals surface area contributed by atoms with Crippen molar-refractivity contribution in [2.75, 3.05) is 5.73 Å². The molecule has 2 nitrogen and oxygen atoms in total. The molecule has 0 saturated heterocycles. The lowest BCUT2D eigenvalue weighted by molar-refractivity contribution is 0.0979. The smallest absolute Gasteiger partial charge is 0.162 e. The van der Waals surface area contributed by atoms with Crippen molar-refractivity contribution in [3.8, 4) is 0 Å². The number of carbonyl (C=O) groups excluding carboxylic acids is 1. The number of ketones is 1. The Labute approximate surface area is 97.2 Å². The third kappa shape index (κ3) is 4.30. The third-order valence-electron chi connectivity index (χ3n) is 2.52. The molecule has 0 saturated carbocycles. The van der Waals surface area contributed by atoms with Crippen LogP contribution in [-0.4, -0.2) is 5.78 Å². The quantitative estimate of drug-likeness (QED) is 0.328. The molecular weight excluding hydrogens is 198 g/mol. The highest BCUT2D eigenvalue weighted by Gasteiger charge is 2.04. The van der Waals surface area contributed by atoms with Gasteiger partial charge in [-0.15, -0.1) is 6.58 Å². The van der Waals surface area contributed by atoms with Gasteiger partial charge in [-0.05, 0) is 31.4 Å². The van der Waals surface area contributed by atoms with Gasteiger partial charge >= 0.3 is 0 Å². The summed E-state index contributed by atoms with van der Waals surface area (Å²) in [6.45, 7) is 3.67. The van der Waals surface area contributed by atoms with E-state index in [0.717, 1.165) is 31.2 Å². The van der Waals surface area contributed by atoms with Gasteiger partial charge in [0, 0.05) is 17.7 Å². The molecule has 86 valence electrons. The minimum Gasteiger partial charge on any atom is -0.399 e. The molecule has 0 heterocycles. The number of Topliss-reactive ketones (excluding diaryl/α,β-unsaturated/α-hetero) is 1. The van der Waals surface area contributed by atoms with Crippen LogP contribution in [0.2, 0.25) is 0 Å². The first-order chi connectivity index (χ1) is 7.74. The lowest BCUT2D eigenvalue weighted by Crippen LogP contribution is -1.99. The number of nitrogen functional groups attached to an aromatic ring is 1. The van der Waals surface area contributed by atoms with Gasteiger partial charge in [-0.1, -0.05) is 24.6 Å². The van der Waals surface area contributed by atoms with Crippen LogP contribution in [0.5, 0.6) is 0 Å². The Balaban J connectivity index is 2.32. The van der Waals surface area contributed by atoms with E-state index in [2.05, 4.69) is 6.58 Å². The maximum absolute atomic E-state index is 11.8. The van der Waals surface area contributed by atoms with Crippen LogP contribution >= 0.6 is 0 Å². The second-order valence-corrected chi connectivity index (χ2v) is 3.94. The fourth-order valence-electron chi connectivity index (χ4n) is 1.61. The zero-order chi connectivity index (χ0) is 11.8. The molecule has 0 aliphatic heterocycles. The first-order valence-corrected chi connectivity index (χ1v) is 5.73. The van der Waals surface area contributed by atoms with E-state index in [1.54, 1.807) is 12.1 Å². The standard InChI is InChI=1S/C14H19NO/c1-2-3-4-5-6-10-14(16)12-8-7-9-13(15)11-12/h2,7-9,11H,1,3-6,10,15H2. The molecule has 0 radical (unpaired) electrons. The van der Waals surface area contributed by atoms with Crippen LogP contribution in [0.4, 0.5) is 5.69 Å². The summed E-state index contributed by atoms with van der Waals surface area (Å²) in [6.07, 6.45) is 6.71. The molecule has 2 heteroatoms. The van der Waals surface area contributed by atoms with E-state index < -0.39 is 0 Å². The topological polar surface area (TPSA) is 43.1 Å². The molecule has 1 rings (SSSR count). The molecule has 16 heavy (non-hydrogen) atoms. The maximum atomic E-state index is 11.8. The molecule has 0 aromatic heterocycles. The molecule has 0 spiro atoms. The molecule has 0 bridgehead atoms. The fraction of sp³-hybridized carbons (Fsp3) is 0.357. The molecule has 1 aromatic rings. The van der Waals surface area contributed by atoms with E-state index in [4.69, 9.17) is 5.73 Å². The zero-order valence-electron chi connectivity index (χ0n) is 9.61. The van der Waals surface area contributed by atoms with Crippen molar-refractivity contribution in [1.29, 1.82) is 0 Å². The molecule has 2 N–H and O–H groups in total. The van der Waals surface area contributed by atoms with Gasteiger partial charge in [-0.25, -0.2) is 0 Å². The summed E-state index contributed by atoms with van der Waals surface area (Å²) >= 11 is 0. The van der Waals surface area contributed by atoms with Crippen molar-refractivity contribution < 1.29 is 4.79 Å². The van der Waals surface area contributed by atoms with Gasteiger partial charge in [-0.3, -0.25) is 4.79 Å². The van der Waals surface area contributed by atoms with E-state index >= 15 is 0 Å². The number of nitrogens with two attached hydrogens (primary N) is 1. The Morgan fingerprint density at radius 2 is 2.12 bits per heavy atom. The van der Waals surface area contributed by atoms with E-state index in [9.17, 15) is 4.79 Å². The van der Waals surface area contributed by atoms with E-state index in [-0.39, 0.29) is 5.78 Å². The summed E-state index contributed by atoms with van der Waals surface area (Å²) in [5, 5.41) is 0. The van der Waals surface area contributed by atoms with Gasteiger partial charge in [-0.2, -0.15) is 0 Å². The van der Waals surface area contributed by atoms with Gasteiger partial charge in [0.2, 0.25) is 0 Å². The number of rotatable bonds is 7. The van der Waals surface area contributed by atoms with Gasteiger partial charge in [0.25, 0.3) is 0 Å². The lowest BCUT2D eigenvalue weighted by Gasteiger charge is -2.02. The van der Waals surface area contributed by atoms with Gasteiger partial charge < -0.3 is 5.73 Å². The highest BCUT2D eigenvalue weighted by atomic mass is 16.1. The van der Waals surface area contributed by atoms with Gasteiger partial charge in [0.1, 0.15) is 0 Å². The monoisotopic (exact) mass is 217 g/mol.